The van der Waals surface area contributed by atoms with Gasteiger partial charge in [0.05, 0.1) is 18.4 Å². The predicted molar refractivity (Wildman–Crippen MR) is 97.4 cm³/mol. The number of methoxy groups -OCH3 is 1. The number of amides is 1. The Morgan fingerprint density at radius 3 is 2.37 bits per heavy atom. The standard InChI is InChI=1S/C19H16F2N4O2/c1-11-6-7-16(27-2)15(8-11)24-18(26)12-9-22-19(23-10-12)25-17-13(20)4-3-5-14(17)21/h3-10H,1-2H3,(H,24,26)(H,22,23,25). The van der Waals surface area contributed by atoms with Gasteiger partial charge in [0, 0.05) is 12.4 Å². The van der Waals surface area contributed by atoms with E-state index in [-0.39, 0.29) is 17.2 Å². The summed E-state index contributed by atoms with van der Waals surface area (Å²) < 4.78 is 32.5. The summed E-state index contributed by atoms with van der Waals surface area (Å²) in [6.07, 6.45) is 2.51. The Hall–Kier alpha value is -3.55. The number of nitrogens with zero attached hydrogens (tertiary/aromatic N) is 2. The van der Waals surface area contributed by atoms with Gasteiger partial charge in [0.15, 0.2) is 0 Å². The maximum atomic E-state index is 13.7. The number of rotatable bonds is 5. The number of anilines is 3. The minimum atomic E-state index is -0.771. The average Bonchev–Trinajstić information content (AvgIpc) is 2.65. The fourth-order valence-electron chi connectivity index (χ4n) is 2.35. The highest BCUT2D eigenvalue weighted by Gasteiger charge is 2.13. The first kappa shape index (κ1) is 18.2. The van der Waals surface area contributed by atoms with Crippen molar-refractivity contribution >= 4 is 23.2 Å². The first-order valence-corrected chi connectivity index (χ1v) is 7.97. The lowest BCUT2D eigenvalue weighted by Gasteiger charge is -2.11. The van der Waals surface area contributed by atoms with Crippen LogP contribution in [0.1, 0.15) is 15.9 Å². The van der Waals surface area contributed by atoms with Crippen molar-refractivity contribution in [2.24, 2.45) is 0 Å². The lowest BCUT2D eigenvalue weighted by atomic mass is 10.2. The zero-order valence-corrected chi connectivity index (χ0v) is 14.6. The lowest BCUT2D eigenvalue weighted by molar-refractivity contribution is 0.102. The van der Waals surface area contributed by atoms with Gasteiger partial charge in [-0.15, -0.1) is 0 Å². The molecule has 138 valence electrons. The third-order valence-corrected chi connectivity index (χ3v) is 3.72. The Labute approximate surface area is 154 Å². The number of nitrogens with one attached hydrogen (secondary N) is 2. The third kappa shape index (κ3) is 4.17. The normalized spacial score (nSPS) is 10.4. The summed E-state index contributed by atoms with van der Waals surface area (Å²) >= 11 is 0. The maximum Gasteiger partial charge on any atom is 0.258 e. The third-order valence-electron chi connectivity index (χ3n) is 3.72. The number of carbonyl (C=O) groups excluding carboxylic acids is 1. The number of hydrogen-bond acceptors (Lipinski definition) is 5. The zero-order chi connectivity index (χ0) is 19.4. The Bertz CT molecular complexity index is 958. The van der Waals surface area contributed by atoms with Gasteiger partial charge in [0.1, 0.15) is 23.1 Å². The number of halogens is 2. The van der Waals surface area contributed by atoms with Gasteiger partial charge >= 0.3 is 0 Å². The van der Waals surface area contributed by atoms with Crippen LogP contribution in [0.3, 0.4) is 0 Å². The molecule has 2 aromatic carbocycles. The van der Waals surface area contributed by atoms with Gasteiger partial charge in [-0.2, -0.15) is 0 Å². The molecule has 1 heterocycles. The van der Waals surface area contributed by atoms with E-state index in [1.807, 2.05) is 13.0 Å². The number of aromatic nitrogens is 2. The number of aryl methyl sites for hydroxylation is 1. The van der Waals surface area contributed by atoms with Crippen LogP contribution < -0.4 is 15.4 Å². The van der Waals surface area contributed by atoms with Crippen molar-refractivity contribution < 1.29 is 18.3 Å². The average molecular weight is 370 g/mol. The van der Waals surface area contributed by atoms with Crippen molar-refractivity contribution in [2.75, 3.05) is 17.7 Å². The molecule has 0 aliphatic heterocycles. The van der Waals surface area contributed by atoms with E-state index in [2.05, 4.69) is 20.6 Å². The van der Waals surface area contributed by atoms with Crippen LogP contribution in [0.2, 0.25) is 0 Å². The molecule has 3 rings (SSSR count). The van der Waals surface area contributed by atoms with Crippen molar-refractivity contribution in [3.8, 4) is 5.75 Å². The van der Waals surface area contributed by atoms with Crippen LogP contribution in [0, 0.1) is 18.6 Å². The molecule has 1 aromatic heterocycles. The fourth-order valence-corrected chi connectivity index (χ4v) is 2.35. The molecule has 3 aromatic rings. The molecule has 0 unspecified atom stereocenters. The molecule has 0 fully saturated rings. The van der Waals surface area contributed by atoms with Gasteiger partial charge in [-0.1, -0.05) is 12.1 Å². The number of carbonyl (C=O) groups is 1. The number of para-hydroxylation sites is 1. The zero-order valence-electron chi connectivity index (χ0n) is 14.6. The van der Waals surface area contributed by atoms with Crippen LogP contribution in [0.15, 0.2) is 48.8 Å². The van der Waals surface area contributed by atoms with E-state index in [9.17, 15) is 13.6 Å². The van der Waals surface area contributed by atoms with Crippen LogP contribution in [0.4, 0.5) is 26.1 Å². The summed E-state index contributed by atoms with van der Waals surface area (Å²) in [5.41, 5.74) is 1.28. The van der Waals surface area contributed by atoms with Gasteiger partial charge in [-0.25, -0.2) is 18.7 Å². The highest BCUT2D eigenvalue weighted by molar-refractivity contribution is 6.04. The predicted octanol–water partition coefficient (Wildman–Crippen LogP) is 4.07. The summed E-state index contributed by atoms with van der Waals surface area (Å²) in [7, 11) is 1.51. The molecule has 0 radical (unpaired) electrons. The summed E-state index contributed by atoms with van der Waals surface area (Å²) in [4.78, 5) is 20.2. The molecule has 6 nitrogen and oxygen atoms in total. The molecule has 0 spiro atoms. The van der Waals surface area contributed by atoms with Crippen LogP contribution in [0.5, 0.6) is 5.75 Å². The number of ether oxygens (including phenoxy) is 1. The topological polar surface area (TPSA) is 76.1 Å². The lowest BCUT2D eigenvalue weighted by Crippen LogP contribution is -2.14. The molecule has 0 saturated carbocycles. The van der Waals surface area contributed by atoms with Gasteiger partial charge in [-0.05, 0) is 36.8 Å². The molecule has 0 bridgehead atoms. The molecule has 0 aliphatic rings. The molecule has 0 aliphatic carbocycles. The van der Waals surface area contributed by atoms with Crippen molar-refractivity contribution in [2.45, 2.75) is 6.92 Å². The number of hydrogen-bond donors (Lipinski definition) is 2. The van der Waals surface area contributed by atoms with Crippen LogP contribution in [-0.4, -0.2) is 23.0 Å². The van der Waals surface area contributed by atoms with Gasteiger partial charge < -0.3 is 15.4 Å². The second-order valence-corrected chi connectivity index (χ2v) is 5.67. The molecule has 0 atom stereocenters. The Morgan fingerprint density at radius 1 is 1.07 bits per heavy atom. The molecular weight excluding hydrogens is 354 g/mol. The first-order valence-electron chi connectivity index (χ1n) is 7.97. The molecule has 8 heteroatoms. The largest absolute Gasteiger partial charge is 0.495 e. The van der Waals surface area contributed by atoms with Crippen LogP contribution >= 0.6 is 0 Å². The van der Waals surface area contributed by atoms with Crippen molar-refractivity contribution in [1.82, 2.24) is 9.97 Å². The molecular formula is C19H16F2N4O2. The second-order valence-electron chi connectivity index (χ2n) is 5.67. The minimum absolute atomic E-state index is 0.0383. The summed E-state index contributed by atoms with van der Waals surface area (Å²) in [5, 5.41) is 5.18. The minimum Gasteiger partial charge on any atom is -0.495 e. The quantitative estimate of drug-likeness (QED) is 0.708. The maximum absolute atomic E-state index is 13.7. The Balaban J connectivity index is 1.75. The van der Waals surface area contributed by atoms with Gasteiger partial charge in [0.25, 0.3) is 5.91 Å². The van der Waals surface area contributed by atoms with Crippen LogP contribution in [-0.2, 0) is 0 Å². The van der Waals surface area contributed by atoms with Crippen molar-refractivity contribution in [3.63, 3.8) is 0 Å². The number of benzene rings is 2. The van der Waals surface area contributed by atoms with Gasteiger partial charge in [-0.3, -0.25) is 4.79 Å². The monoisotopic (exact) mass is 370 g/mol. The molecule has 0 saturated heterocycles. The van der Waals surface area contributed by atoms with Crippen LogP contribution in [0.25, 0.3) is 0 Å². The van der Waals surface area contributed by atoms with Gasteiger partial charge in [0.2, 0.25) is 5.95 Å². The summed E-state index contributed by atoms with van der Waals surface area (Å²) in [6, 6.07) is 8.86. The molecule has 2 N–H and O–H groups in total. The summed E-state index contributed by atoms with van der Waals surface area (Å²) in [5.74, 6) is -1.51. The Morgan fingerprint density at radius 2 is 1.74 bits per heavy atom. The van der Waals surface area contributed by atoms with E-state index in [1.165, 1.54) is 25.6 Å². The highest BCUT2D eigenvalue weighted by Crippen LogP contribution is 2.26. The van der Waals surface area contributed by atoms with Crippen molar-refractivity contribution in [3.05, 3.63) is 71.6 Å². The fraction of sp³-hybridized carbons (Fsp3) is 0.105. The highest BCUT2D eigenvalue weighted by atomic mass is 19.1. The molecule has 27 heavy (non-hydrogen) atoms. The smallest absolute Gasteiger partial charge is 0.258 e. The van der Waals surface area contributed by atoms with E-state index in [0.717, 1.165) is 17.7 Å². The van der Waals surface area contributed by atoms with Crippen molar-refractivity contribution in [1.29, 1.82) is 0 Å². The first-order chi connectivity index (χ1) is 13.0. The van der Waals surface area contributed by atoms with E-state index >= 15 is 0 Å². The summed E-state index contributed by atoms with van der Waals surface area (Å²) in [6.45, 7) is 1.89. The van der Waals surface area contributed by atoms with E-state index < -0.39 is 17.5 Å². The SMILES string of the molecule is COc1ccc(C)cc1NC(=O)c1cnc(Nc2c(F)cccc2F)nc1. The van der Waals surface area contributed by atoms with E-state index in [0.29, 0.717) is 11.4 Å². The van der Waals surface area contributed by atoms with E-state index in [4.69, 9.17) is 4.74 Å². The second kappa shape index (κ2) is 7.77. The van der Waals surface area contributed by atoms with E-state index in [1.54, 1.807) is 12.1 Å². The Kier molecular flexibility index (Phi) is 5.25. The molecule has 1 amide bonds.